The topological polar surface area (TPSA) is 124 Å². The van der Waals surface area contributed by atoms with E-state index in [4.69, 9.17) is 24.7 Å². The highest BCUT2D eigenvalue weighted by molar-refractivity contribution is 7.96. The van der Waals surface area contributed by atoms with Gasteiger partial charge in [-0.1, -0.05) is 30.3 Å². The second kappa shape index (κ2) is 9.68. The highest BCUT2D eigenvalue weighted by Gasteiger charge is 2.47. The molecule has 0 spiro atoms. The van der Waals surface area contributed by atoms with Crippen LogP contribution in [0.25, 0.3) is 5.76 Å². The van der Waals surface area contributed by atoms with Crippen molar-refractivity contribution in [2.45, 2.75) is 12.5 Å². The Balaban J connectivity index is 1.74. The third-order valence-corrected chi connectivity index (χ3v) is 8.44. The lowest BCUT2D eigenvalue weighted by atomic mass is 9.88. The fourth-order valence-electron chi connectivity index (χ4n) is 4.78. The molecule has 0 aromatic heterocycles. The van der Waals surface area contributed by atoms with Crippen LogP contribution in [0.2, 0.25) is 0 Å². The van der Waals surface area contributed by atoms with E-state index >= 15 is 0 Å². The van der Waals surface area contributed by atoms with Gasteiger partial charge in [-0.2, -0.15) is 5.26 Å². The molecular formula is C28H25N3O6S. The lowest BCUT2D eigenvalue weighted by molar-refractivity contribution is 0.352. The van der Waals surface area contributed by atoms with E-state index in [0.29, 0.717) is 34.1 Å². The molecule has 10 heteroatoms. The Morgan fingerprint density at radius 1 is 0.974 bits per heavy atom. The first kappa shape index (κ1) is 25.0. The van der Waals surface area contributed by atoms with Crippen LogP contribution >= 0.6 is 0 Å². The molecule has 0 saturated carbocycles. The molecular weight excluding hydrogens is 506 g/mol. The van der Waals surface area contributed by atoms with Gasteiger partial charge in [0, 0.05) is 5.56 Å². The minimum absolute atomic E-state index is 0.0137. The van der Waals surface area contributed by atoms with Crippen LogP contribution in [0.1, 0.15) is 22.6 Å². The van der Waals surface area contributed by atoms with E-state index in [1.54, 1.807) is 67.8 Å². The zero-order valence-corrected chi connectivity index (χ0v) is 21.8. The molecule has 0 radical (unpaired) electrons. The number of allylic oxidation sites excluding steroid dienone is 2. The molecule has 194 valence electrons. The van der Waals surface area contributed by atoms with E-state index in [2.05, 4.69) is 6.07 Å². The van der Waals surface area contributed by atoms with E-state index < -0.39 is 15.9 Å². The number of nitriles is 1. The standard InChI is InChI=1S/C28H25N3O6S/c1-34-19-8-6-7-17(13-19)16-31-22-10-5-4-9-20(22)26-27(38(31,32)33)25(21(15-29)28(30)37-26)18-11-12-23(35-2)24(14-18)36-3/h4-14,25H,16,30H2,1-3H3/t25-/m0/s1. The van der Waals surface area contributed by atoms with Crippen LogP contribution in [0.15, 0.2) is 83.1 Å². The van der Waals surface area contributed by atoms with Crippen molar-refractivity contribution in [3.8, 4) is 23.3 Å². The van der Waals surface area contributed by atoms with Gasteiger partial charge in [-0.3, -0.25) is 4.31 Å². The molecule has 0 bridgehead atoms. The molecule has 1 atom stereocenters. The van der Waals surface area contributed by atoms with Crippen LogP contribution in [-0.2, 0) is 21.3 Å². The number of nitrogens with two attached hydrogens (primary N) is 1. The Labute approximate surface area is 221 Å². The number of sulfonamides is 1. The average Bonchev–Trinajstić information content (AvgIpc) is 2.94. The molecule has 0 saturated heterocycles. The molecule has 0 fully saturated rings. The Morgan fingerprint density at radius 2 is 1.74 bits per heavy atom. The minimum atomic E-state index is -4.22. The van der Waals surface area contributed by atoms with E-state index in [-0.39, 0.29) is 28.7 Å². The maximum Gasteiger partial charge on any atom is 0.265 e. The molecule has 2 aliphatic rings. The van der Waals surface area contributed by atoms with Crippen molar-refractivity contribution in [1.82, 2.24) is 0 Å². The maximum atomic E-state index is 14.4. The maximum absolute atomic E-state index is 14.4. The highest BCUT2D eigenvalue weighted by Crippen LogP contribution is 2.52. The van der Waals surface area contributed by atoms with Gasteiger partial charge in [0.1, 0.15) is 22.3 Å². The van der Waals surface area contributed by atoms with Crippen molar-refractivity contribution in [3.63, 3.8) is 0 Å². The van der Waals surface area contributed by atoms with Crippen LogP contribution in [-0.4, -0.2) is 29.7 Å². The third-order valence-electron chi connectivity index (χ3n) is 6.56. The van der Waals surface area contributed by atoms with Gasteiger partial charge in [-0.15, -0.1) is 0 Å². The fraction of sp³-hybridized carbons (Fsp3) is 0.179. The van der Waals surface area contributed by atoms with Crippen molar-refractivity contribution in [1.29, 1.82) is 5.26 Å². The summed E-state index contributed by atoms with van der Waals surface area (Å²) < 4.78 is 52.2. The summed E-state index contributed by atoms with van der Waals surface area (Å²) in [5.41, 5.74) is 8.39. The lowest BCUT2D eigenvalue weighted by Gasteiger charge is -2.38. The van der Waals surface area contributed by atoms with Crippen molar-refractivity contribution in [3.05, 3.63) is 99.8 Å². The number of rotatable bonds is 6. The normalized spacial score (nSPS) is 17.6. The number of hydrogen-bond acceptors (Lipinski definition) is 8. The molecule has 0 unspecified atom stereocenters. The van der Waals surface area contributed by atoms with E-state index in [1.807, 2.05) is 6.07 Å². The van der Waals surface area contributed by atoms with Gasteiger partial charge in [0.05, 0.1) is 39.5 Å². The summed E-state index contributed by atoms with van der Waals surface area (Å²) in [6, 6.07) is 21.3. The van der Waals surface area contributed by atoms with Crippen molar-refractivity contribution in [2.24, 2.45) is 5.73 Å². The van der Waals surface area contributed by atoms with E-state index in [9.17, 15) is 13.7 Å². The number of methoxy groups -OCH3 is 3. The summed E-state index contributed by atoms with van der Waals surface area (Å²) in [5.74, 6) is 0.364. The first-order valence-corrected chi connectivity index (χ1v) is 13.1. The van der Waals surface area contributed by atoms with Crippen LogP contribution < -0.4 is 24.2 Å². The van der Waals surface area contributed by atoms with Gasteiger partial charge >= 0.3 is 0 Å². The summed E-state index contributed by atoms with van der Waals surface area (Å²) in [5, 5.41) is 10.1. The summed E-state index contributed by atoms with van der Waals surface area (Å²) in [6.45, 7) is 0.0348. The quantitative estimate of drug-likeness (QED) is 0.501. The van der Waals surface area contributed by atoms with E-state index in [1.165, 1.54) is 18.5 Å². The number of ether oxygens (including phenoxy) is 4. The van der Waals surface area contributed by atoms with Gasteiger partial charge in [0.15, 0.2) is 17.3 Å². The summed E-state index contributed by atoms with van der Waals surface area (Å²) >= 11 is 0. The lowest BCUT2D eigenvalue weighted by Crippen LogP contribution is -2.39. The number of fused-ring (bicyclic) bond motifs is 2. The van der Waals surface area contributed by atoms with Gasteiger partial charge in [-0.05, 0) is 47.5 Å². The molecule has 5 rings (SSSR count). The third kappa shape index (κ3) is 3.97. The number of para-hydroxylation sites is 1. The summed E-state index contributed by atoms with van der Waals surface area (Å²) in [6.07, 6.45) is 0. The zero-order chi connectivity index (χ0) is 27.0. The number of nitrogens with zero attached hydrogens (tertiary/aromatic N) is 2. The Morgan fingerprint density at radius 3 is 2.45 bits per heavy atom. The molecule has 2 aliphatic heterocycles. The molecule has 3 aromatic carbocycles. The van der Waals surface area contributed by atoms with Gasteiger partial charge in [0.2, 0.25) is 5.88 Å². The number of hydrogen-bond donors (Lipinski definition) is 1. The van der Waals surface area contributed by atoms with Gasteiger partial charge in [-0.25, -0.2) is 8.42 Å². The number of anilines is 1. The van der Waals surface area contributed by atoms with Crippen LogP contribution in [0.5, 0.6) is 17.2 Å². The molecule has 38 heavy (non-hydrogen) atoms. The van der Waals surface area contributed by atoms with Gasteiger partial charge in [0.25, 0.3) is 10.0 Å². The summed E-state index contributed by atoms with van der Waals surface area (Å²) in [4.78, 5) is -0.0722. The fourth-order valence-corrected chi connectivity index (χ4v) is 6.69. The molecule has 2 N–H and O–H groups in total. The largest absolute Gasteiger partial charge is 0.497 e. The minimum Gasteiger partial charge on any atom is -0.497 e. The Hall–Kier alpha value is -4.62. The molecule has 2 heterocycles. The van der Waals surface area contributed by atoms with Crippen LogP contribution in [0.3, 0.4) is 0 Å². The predicted octanol–water partition coefficient (Wildman–Crippen LogP) is 4.24. The Kier molecular flexibility index (Phi) is 6.38. The SMILES string of the molecule is COc1cccc(CN2c3ccccc3C3=C([C@@H](c4ccc(OC)c(OC)c4)C(C#N)=C(N)O3)S2(=O)=O)c1. The summed E-state index contributed by atoms with van der Waals surface area (Å²) in [7, 11) is 0.317. The molecule has 3 aromatic rings. The number of benzene rings is 3. The predicted molar refractivity (Wildman–Crippen MR) is 142 cm³/mol. The van der Waals surface area contributed by atoms with Crippen molar-refractivity contribution >= 4 is 21.5 Å². The van der Waals surface area contributed by atoms with E-state index in [0.717, 1.165) is 5.56 Å². The monoisotopic (exact) mass is 531 g/mol. The van der Waals surface area contributed by atoms with Gasteiger partial charge < -0.3 is 24.7 Å². The van der Waals surface area contributed by atoms with Crippen LogP contribution in [0.4, 0.5) is 5.69 Å². The van der Waals surface area contributed by atoms with Crippen molar-refractivity contribution in [2.75, 3.05) is 25.6 Å². The first-order valence-electron chi connectivity index (χ1n) is 11.6. The Bertz CT molecular complexity index is 1640. The second-order valence-corrected chi connectivity index (χ2v) is 10.4. The second-order valence-electron chi connectivity index (χ2n) is 8.61. The first-order chi connectivity index (χ1) is 18.3. The molecule has 0 aliphatic carbocycles. The zero-order valence-electron chi connectivity index (χ0n) is 21.0. The average molecular weight is 532 g/mol. The molecule has 0 amide bonds. The highest BCUT2D eigenvalue weighted by atomic mass is 32.2. The molecule has 9 nitrogen and oxygen atoms in total. The van der Waals surface area contributed by atoms with Crippen LogP contribution in [0, 0.1) is 11.3 Å². The smallest absolute Gasteiger partial charge is 0.265 e. The van der Waals surface area contributed by atoms with Crippen molar-refractivity contribution < 1.29 is 27.4 Å².